The van der Waals surface area contributed by atoms with Gasteiger partial charge in [0.15, 0.2) is 6.10 Å². The third-order valence-corrected chi connectivity index (χ3v) is 15.4. The summed E-state index contributed by atoms with van der Waals surface area (Å²) in [5, 5.41) is 14.5. The number of hydrogen-bond donors (Lipinski definition) is 2. The molecule has 1 aliphatic carbocycles. The summed E-state index contributed by atoms with van der Waals surface area (Å²) >= 11 is 0. The number of benzene rings is 2. The molecule has 1 saturated carbocycles. The van der Waals surface area contributed by atoms with Crippen LogP contribution in [0.2, 0.25) is 0 Å². The summed E-state index contributed by atoms with van der Waals surface area (Å²) in [4.78, 5) is 38.3. The molecular formula is C44H54N4O7. The fraction of sp³-hybridized carbons (Fsp3) is 0.591. The molecule has 1 spiro atoms. The van der Waals surface area contributed by atoms with Crippen molar-refractivity contribution in [3.63, 3.8) is 0 Å². The van der Waals surface area contributed by atoms with Crippen molar-refractivity contribution in [2.45, 2.75) is 99.7 Å². The first-order valence-corrected chi connectivity index (χ1v) is 20.4. The van der Waals surface area contributed by atoms with Crippen molar-refractivity contribution in [2.75, 3.05) is 58.9 Å². The first kappa shape index (κ1) is 35.5. The van der Waals surface area contributed by atoms with Crippen LogP contribution in [0.3, 0.4) is 0 Å². The molecule has 3 aromatic rings. The van der Waals surface area contributed by atoms with Gasteiger partial charge in [-0.05, 0) is 61.9 Å². The lowest BCUT2D eigenvalue weighted by atomic mass is 9.47. The van der Waals surface area contributed by atoms with Gasteiger partial charge in [-0.1, -0.05) is 44.2 Å². The minimum absolute atomic E-state index is 0.0261. The van der Waals surface area contributed by atoms with Crippen LogP contribution in [0.5, 0.6) is 5.75 Å². The highest BCUT2D eigenvalue weighted by atomic mass is 16.6. The number of nitrogens with one attached hydrogen (secondary N) is 1. The van der Waals surface area contributed by atoms with E-state index in [1.807, 2.05) is 7.05 Å². The molecule has 11 unspecified atom stereocenters. The van der Waals surface area contributed by atoms with E-state index in [0.717, 1.165) is 86.5 Å². The van der Waals surface area contributed by atoms with Gasteiger partial charge in [-0.2, -0.15) is 0 Å². The molecule has 2 bridgehead atoms. The number of carbonyl (C=O) groups is 2. The fourth-order valence-electron chi connectivity index (χ4n) is 13.3. The number of aliphatic hydroxyl groups is 1. The Morgan fingerprint density at radius 2 is 1.91 bits per heavy atom. The monoisotopic (exact) mass is 750 g/mol. The molecule has 11 nitrogen and oxygen atoms in total. The number of aromatic nitrogens is 1. The lowest BCUT2D eigenvalue weighted by Crippen LogP contribution is -2.81. The van der Waals surface area contributed by atoms with E-state index >= 15 is 0 Å². The highest BCUT2D eigenvalue weighted by Crippen LogP contribution is 2.68. The number of H-pyrrole nitrogens is 1. The zero-order chi connectivity index (χ0) is 38.2. The SMILES string of the molecule is CCC12CN3CCc4c([nH]c5ccccc45)C(c4cc5c(cc4OC)N(C)C4C(O)(C(=O)OC)C(OC(C)=O)C6(CC)C=CCN7CCC54C76)CC(C3)C1O2. The number of carbonyl (C=O) groups excluding carboxylic acids is 2. The molecule has 6 aliphatic heterocycles. The number of para-hydroxylation sites is 1. The average molecular weight is 751 g/mol. The number of anilines is 1. The van der Waals surface area contributed by atoms with Crippen molar-refractivity contribution in [2.24, 2.45) is 11.3 Å². The molecule has 55 heavy (non-hydrogen) atoms. The van der Waals surface area contributed by atoms with Crippen molar-refractivity contribution in [1.29, 1.82) is 0 Å². The predicted octanol–water partition coefficient (Wildman–Crippen LogP) is 4.68. The van der Waals surface area contributed by atoms with Gasteiger partial charge in [0.1, 0.15) is 11.4 Å². The number of epoxide rings is 1. The molecule has 10 rings (SSSR count). The Morgan fingerprint density at radius 3 is 2.65 bits per heavy atom. The van der Waals surface area contributed by atoms with E-state index in [-0.39, 0.29) is 23.7 Å². The van der Waals surface area contributed by atoms with Crippen LogP contribution in [0, 0.1) is 11.3 Å². The second-order valence-electron chi connectivity index (χ2n) is 17.5. The smallest absolute Gasteiger partial charge is 0.344 e. The van der Waals surface area contributed by atoms with Crippen LogP contribution in [-0.4, -0.2) is 121 Å². The lowest BCUT2D eigenvalue weighted by molar-refractivity contribution is -0.228. The summed E-state index contributed by atoms with van der Waals surface area (Å²) in [6.45, 7) is 10.2. The maximum Gasteiger partial charge on any atom is 0.344 e. The van der Waals surface area contributed by atoms with Gasteiger partial charge in [-0.15, -0.1) is 0 Å². The Kier molecular flexibility index (Phi) is 7.78. The number of likely N-dealkylation sites (N-methyl/N-ethyl adjacent to an activating group) is 1. The molecule has 2 N–H and O–H groups in total. The van der Waals surface area contributed by atoms with Gasteiger partial charge in [0.25, 0.3) is 0 Å². The fourth-order valence-corrected chi connectivity index (χ4v) is 13.3. The Morgan fingerprint density at radius 1 is 1.09 bits per heavy atom. The number of esters is 2. The first-order valence-electron chi connectivity index (χ1n) is 20.4. The topological polar surface area (TPSA) is 120 Å². The normalized spacial score (nSPS) is 39.5. The molecular weight excluding hydrogens is 697 g/mol. The van der Waals surface area contributed by atoms with Gasteiger partial charge in [0, 0.05) is 103 Å². The molecule has 4 fully saturated rings. The van der Waals surface area contributed by atoms with Gasteiger partial charge >= 0.3 is 11.9 Å². The second kappa shape index (κ2) is 12.1. The van der Waals surface area contributed by atoms with Gasteiger partial charge in [-0.3, -0.25) is 14.6 Å². The first-order chi connectivity index (χ1) is 26.5. The molecule has 0 radical (unpaired) electrons. The van der Waals surface area contributed by atoms with Gasteiger partial charge in [0.2, 0.25) is 5.60 Å². The van der Waals surface area contributed by atoms with Gasteiger partial charge in [-0.25, -0.2) is 4.79 Å². The number of methoxy groups -OCH3 is 2. The number of rotatable bonds is 6. The Bertz CT molecular complexity index is 2130. The van der Waals surface area contributed by atoms with Crippen molar-refractivity contribution in [3.05, 3.63) is 70.9 Å². The van der Waals surface area contributed by atoms with Crippen LogP contribution in [0.1, 0.15) is 74.8 Å². The van der Waals surface area contributed by atoms with E-state index in [2.05, 4.69) is 82.1 Å². The summed E-state index contributed by atoms with van der Waals surface area (Å²) in [6, 6.07) is 12.2. The molecule has 0 amide bonds. The summed E-state index contributed by atoms with van der Waals surface area (Å²) in [7, 11) is 5.01. The third-order valence-electron chi connectivity index (χ3n) is 15.4. The van der Waals surface area contributed by atoms with E-state index in [9.17, 15) is 14.7 Å². The van der Waals surface area contributed by atoms with E-state index in [4.69, 9.17) is 18.9 Å². The average Bonchev–Trinajstić information content (AvgIpc) is 3.48. The molecule has 1 aromatic heterocycles. The van der Waals surface area contributed by atoms with Gasteiger partial charge in [0.05, 0.1) is 26.4 Å². The maximum atomic E-state index is 14.3. The minimum atomic E-state index is -2.17. The summed E-state index contributed by atoms with van der Waals surface area (Å²) in [5.74, 6) is -0.242. The van der Waals surface area contributed by atoms with Crippen LogP contribution in [0.15, 0.2) is 48.6 Å². The van der Waals surface area contributed by atoms with Crippen LogP contribution in [0.4, 0.5) is 5.69 Å². The zero-order valence-corrected chi connectivity index (χ0v) is 32.9. The molecule has 292 valence electrons. The van der Waals surface area contributed by atoms with Crippen molar-refractivity contribution in [1.82, 2.24) is 14.8 Å². The molecule has 3 saturated heterocycles. The number of fused-ring (bicyclic) bond motifs is 8. The maximum absolute atomic E-state index is 14.3. The number of nitrogens with zero attached hydrogens (tertiary/aromatic N) is 3. The quantitative estimate of drug-likeness (QED) is 0.209. The van der Waals surface area contributed by atoms with E-state index < -0.39 is 40.5 Å². The van der Waals surface area contributed by atoms with Crippen LogP contribution in [-0.2, 0) is 35.6 Å². The summed E-state index contributed by atoms with van der Waals surface area (Å²) < 4.78 is 24.7. The van der Waals surface area contributed by atoms with Crippen LogP contribution in [0.25, 0.3) is 10.9 Å². The van der Waals surface area contributed by atoms with Gasteiger partial charge < -0.3 is 33.9 Å². The zero-order valence-electron chi connectivity index (χ0n) is 32.9. The standard InChI is InChI=1S/C44H54N4O7/c1-7-41-15-11-17-48-19-16-43(37(41)48)31-21-29(34(52-5)22-33(31)46(4)38(43)44(51,40(50)53-6)39(41)54-25(3)49)30-20-26-23-47(24-42(8-2)36(26)55-42)18-14-28-27-12-9-10-13-32(27)45-35(28)30/h9-13,15,21-22,26,30,36-39,45,51H,7-8,14,16-20,23-24H2,1-6H3. The summed E-state index contributed by atoms with van der Waals surface area (Å²) in [5.41, 5.74) is 3.05. The lowest BCUT2D eigenvalue weighted by Gasteiger charge is -2.63. The Labute approximate surface area is 322 Å². The Balaban J connectivity index is 1.21. The van der Waals surface area contributed by atoms with Crippen molar-refractivity contribution in [3.8, 4) is 5.75 Å². The van der Waals surface area contributed by atoms with Crippen LogP contribution < -0.4 is 9.64 Å². The molecule has 11 atom stereocenters. The number of piperidine rings is 1. The van der Waals surface area contributed by atoms with E-state index in [1.165, 1.54) is 30.7 Å². The number of ether oxygens (including phenoxy) is 4. The largest absolute Gasteiger partial charge is 0.496 e. The minimum Gasteiger partial charge on any atom is -0.496 e. The second-order valence-corrected chi connectivity index (χ2v) is 17.5. The van der Waals surface area contributed by atoms with Crippen molar-refractivity contribution < 1.29 is 33.6 Å². The molecule has 7 heterocycles. The number of aromatic amines is 1. The van der Waals surface area contributed by atoms with Crippen molar-refractivity contribution >= 4 is 28.5 Å². The molecule has 11 heteroatoms. The third kappa shape index (κ3) is 4.47. The number of hydrogen-bond acceptors (Lipinski definition) is 10. The van der Waals surface area contributed by atoms with E-state index in [1.54, 1.807) is 7.11 Å². The predicted molar refractivity (Wildman–Crippen MR) is 208 cm³/mol. The summed E-state index contributed by atoms with van der Waals surface area (Å²) in [6.07, 6.45) is 7.41. The highest BCUT2D eigenvalue weighted by molar-refractivity contribution is 5.88. The molecule has 7 aliphatic rings. The Hall–Kier alpha value is -3.90. The molecule has 2 aromatic carbocycles. The highest BCUT2D eigenvalue weighted by Gasteiger charge is 2.80. The van der Waals surface area contributed by atoms with Crippen LogP contribution >= 0.6 is 0 Å². The van der Waals surface area contributed by atoms with E-state index in [0.29, 0.717) is 12.3 Å².